The largest absolute Gasteiger partial charge is 0.465 e. The van der Waals surface area contributed by atoms with E-state index in [9.17, 15) is 9.18 Å². The Morgan fingerprint density at radius 2 is 2.37 bits per heavy atom. The third-order valence-electron chi connectivity index (χ3n) is 3.06. The Bertz CT molecular complexity index is 473. The minimum atomic E-state index is -0.583. The summed E-state index contributed by atoms with van der Waals surface area (Å²) in [5.74, 6) is -1.07. The van der Waals surface area contributed by atoms with Crippen molar-refractivity contribution in [2.45, 2.75) is 18.9 Å². The molecule has 104 valence electrons. The van der Waals surface area contributed by atoms with Gasteiger partial charge in [-0.15, -0.1) is 0 Å². The predicted molar refractivity (Wildman–Crippen MR) is 69.6 cm³/mol. The molecule has 1 aromatic carbocycles. The van der Waals surface area contributed by atoms with Gasteiger partial charge in [-0.3, -0.25) is 0 Å². The summed E-state index contributed by atoms with van der Waals surface area (Å²) in [6.45, 7) is 1.26. The standard InChI is InChI=1S/C13H17FN2O3/c1-18-13(17)9-5-12(10(14)6-11(9)15)16-8-3-2-4-19-7-8/h5-6,8,16H,2-4,7,15H2,1H3. The van der Waals surface area contributed by atoms with E-state index in [1.54, 1.807) is 0 Å². The highest BCUT2D eigenvalue weighted by Gasteiger charge is 2.18. The molecule has 0 saturated carbocycles. The number of ether oxygens (including phenoxy) is 2. The molecule has 1 aromatic rings. The first-order chi connectivity index (χ1) is 9.11. The fourth-order valence-corrected chi connectivity index (χ4v) is 2.06. The van der Waals surface area contributed by atoms with Crippen LogP contribution in [0.5, 0.6) is 0 Å². The van der Waals surface area contributed by atoms with Crippen molar-refractivity contribution >= 4 is 17.3 Å². The van der Waals surface area contributed by atoms with Gasteiger partial charge in [-0.1, -0.05) is 0 Å². The van der Waals surface area contributed by atoms with Gasteiger partial charge in [0, 0.05) is 18.3 Å². The molecular weight excluding hydrogens is 251 g/mol. The summed E-state index contributed by atoms with van der Waals surface area (Å²) in [6, 6.07) is 2.54. The molecule has 1 saturated heterocycles. The molecule has 0 bridgehead atoms. The molecule has 0 aliphatic carbocycles. The molecule has 5 nitrogen and oxygen atoms in total. The van der Waals surface area contributed by atoms with Gasteiger partial charge in [0.1, 0.15) is 5.82 Å². The Balaban J connectivity index is 2.21. The van der Waals surface area contributed by atoms with Gasteiger partial charge >= 0.3 is 5.97 Å². The maximum Gasteiger partial charge on any atom is 0.340 e. The SMILES string of the molecule is COC(=O)c1cc(NC2CCCOC2)c(F)cc1N. The van der Waals surface area contributed by atoms with Crippen molar-refractivity contribution in [2.75, 3.05) is 31.4 Å². The first-order valence-electron chi connectivity index (χ1n) is 6.13. The van der Waals surface area contributed by atoms with Crippen LogP contribution in [0.3, 0.4) is 0 Å². The van der Waals surface area contributed by atoms with Crippen molar-refractivity contribution in [1.82, 2.24) is 0 Å². The maximum atomic E-state index is 13.8. The summed E-state index contributed by atoms with van der Waals surface area (Å²) in [5.41, 5.74) is 6.07. The van der Waals surface area contributed by atoms with Crippen molar-refractivity contribution in [3.8, 4) is 0 Å². The highest BCUT2D eigenvalue weighted by molar-refractivity contribution is 5.96. The normalized spacial score (nSPS) is 18.9. The Kier molecular flexibility index (Phi) is 4.21. The van der Waals surface area contributed by atoms with Crippen molar-refractivity contribution < 1.29 is 18.7 Å². The maximum absolute atomic E-state index is 13.8. The van der Waals surface area contributed by atoms with Gasteiger partial charge in [0.25, 0.3) is 0 Å². The average Bonchev–Trinajstić information content (AvgIpc) is 2.42. The van der Waals surface area contributed by atoms with Crippen molar-refractivity contribution in [3.05, 3.63) is 23.5 Å². The molecule has 1 aliphatic rings. The molecular formula is C13H17FN2O3. The van der Waals surface area contributed by atoms with Gasteiger partial charge in [-0.05, 0) is 25.0 Å². The Hall–Kier alpha value is -1.82. The number of anilines is 2. The summed E-state index contributed by atoms with van der Waals surface area (Å²) in [4.78, 5) is 11.5. The van der Waals surface area contributed by atoms with E-state index in [0.717, 1.165) is 25.5 Å². The lowest BCUT2D eigenvalue weighted by Gasteiger charge is -2.24. The zero-order chi connectivity index (χ0) is 13.8. The van der Waals surface area contributed by atoms with Crippen LogP contribution in [0.15, 0.2) is 12.1 Å². The molecule has 1 heterocycles. The fraction of sp³-hybridized carbons (Fsp3) is 0.462. The van der Waals surface area contributed by atoms with Gasteiger partial charge in [0.05, 0.1) is 25.0 Å². The minimum Gasteiger partial charge on any atom is -0.465 e. The van der Waals surface area contributed by atoms with Crippen molar-refractivity contribution in [1.29, 1.82) is 0 Å². The van der Waals surface area contributed by atoms with Crippen LogP contribution < -0.4 is 11.1 Å². The minimum absolute atomic E-state index is 0.0392. The number of carbonyl (C=O) groups excluding carboxylic acids is 1. The van der Waals surface area contributed by atoms with Gasteiger partial charge in [-0.2, -0.15) is 0 Å². The third kappa shape index (κ3) is 3.14. The number of carbonyl (C=O) groups is 1. The van der Waals surface area contributed by atoms with Crippen molar-refractivity contribution in [2.24, 2.45) is 0 Å². The smallest absolute Gasteiger partial charge is 0.340 e. The summed E-state index contributed by atoms with van der Waals surface area (Å²) in [5, 5.41) is 3.03. The van der Waals surface area contributed by atoms with Crippen LogP contribution >= 0.6 is 0 Å². The van der Waals surface area contributed by atoms with E-state index < -0.39 is 11.8 Å². The van der Waals surface area contributed by atoms with Crippen LogP contribution in [0.1, 0.15) is 23.2 Å². The summed E-state index contributed by atoms with van der Waals surface area (Å²) >= 11 is 0. The average molecular weight is 268 g/mol. The summed E-state index contributed by atoms with van der Waals surface area (Å²) in [6.07, 6.45) is 1.83. The first-order valence-corrected chi connectivity index (χ1v) is 6.13. The second-order valence-electron chi connectivity index (χ2n) is 4.47. The molecule has 1 unspecified atom stereocenters. The van der Waals surface area contributed by atoms with Gasteiger partial charge in [0.15, 0.2) is 0 Å². The van der Waals surface area contributed by atoms with Crippen LogP contribution in [0.4, 0.5) is 15.8 Å². The molecule has 1 fully saturated rings. The van der Waals surface area contributed by atoms with Crippen LogP contribution in [0.25, 0.3) is 0 Å². The monoisotopic (exact) mass is 268 g/mol. The Morgan fingerprint density at radius 3 is 3.00 bits per heavy atom. The number of nitrogen functional groups attached to an aromatic ring is 1. The molecule has 0 aromatic heterocycles. The van der Waals surface area contributed by atoms with Crippen LogP contribution in [-0.4, -0.2) is 32.3 Å². The summed E-state index contributed by atoms with van der Waals surface area (Å²) in [7, 11) is 1.26. The second-order valence-corrected chi connectivity index (χ2v) is 4.47. The first kappa shape index (κ1) is 13.6. The number of hydrogen-bond acceptors (Lipinski definition) is 5. The molecule has 1 aliphatic heterocycles. The molecule has 0 amide bonds. The lowest BCUT2D eigenvalue weighted by Crippen LogP contribution is -2.30. The molecule has 0 spiro atoms. The van der Waals surface area contributed by atoms with Crippen LogP contribution in [-0.2, 0) is 9.47 Å². The van der Waals surface area contributed by atoms with Gasteiger partial charge < -0.3 is 20.5 Å². The number of nitrogens with two attached hydrogens (primary N) is 1. The van der Waals surface area contributed by atoms with E-state index in [-0.39, 0.29) is 23.0 Å². The highest BCUT2D eigenvalue weighted by Crippen LogP contribution is 2.24. The second kappa shape index (κ2) is 5.88. The topological polar surface area (TPSA) is 73.6 Å². The van der Waals surface area contributed by atoms with E-state index in [0.29, 0.717) is 6.61 Å². The number of rotatable bonds is 3. The number of halogens is 1. The number of nitrogens with one attached hydrogen (secondary N) is 1. The van der Waals surface area contributed by atoms with Crippen molar-refractivity contribution in [3.63, 3.8) is 0 Å². The number of hydrogen-bond donors (Lipinski definition) is 2. The number of methoxy groups -OCH3 is 1. The molecule has 6 heteroatoms. The molecule has 3 N–H and O–H groups in total. The molecule has 19 heavy (non-hydrogen) atoms. The fourth-order valence-electron chi connectivity index (χ4n) is 2.06. The van der Waals surface area contributed by atoms with Gasteiger partial charge in [-0.25, -0.2) is 9.18 Å². The molecule has 1 atom stereocenters. The predicted octanol–water partition coefficient (Wildman–Crippen LogP) is 1.79. The van der Waals surface area contributed by atoms with Crippen LogP contribution in [0, 0.1) is 5.82 Å². The van der Waals surface area contributed by atoms with E-state index in [4.69, 9.17) is 10.5 Å². The Labute approximate surface area is 110 Å². The van der Waals surface area contributed by atoms with E-state index in [1.165, 1.54) is 13.2 Å². The lowest BCUT2D eigenvalue weighted by atomic mass is 10.1. The molecule has 2 rings (SSSR count). The summed E-state index contributed by atoms with van der Waals surface area (Å²) < 4.78 is 23.7. The zero-order valence-corrected chi connectivity index (χ0v) is 10.7. The highest BCUT2D eigenvalue weighted by atomic mass is 19.1. The van der Waals surface area contributed by atoms with E-state index in [1.807, 2.05) is 0 Å². The van der Waals surface area contributed by atoms with Crippen LogP contribution in [0.2, 0.25) is 0 Å². The molecule has 0 radical (unpaired) electrons. The van der Waals surface area contributed by atoms with E-state index in [2.05, 4.69) is 10.1 Å². The van der Waals surface area contributed by atoms with E-state index >= 15 is 0 Å². The number of benzene rings is 1. The zero-order valence-electron chi connectivity index (χ0n) is 10.7. The number of esters is 1. The van der Waals surface area contributed by atoms with Gasteiger partial charge in [0.2, 0.25) is 0 Å². The third-order valence-corrected chi connectivity index (χ3v) is 3.06. The quantitative estimate of drug-likeness (QED) is 0.645. The lowest BCUT2D eigenvalue weighted by molar-refractivity contribution is 0.0602. The Morgan fingerprint density at radius 1 is 1.58 bits per heavy atom.